The van der Waals surface area contributed by atoms with Crippen molar-refractivity contribution in [3.05, 3.63) is 35.4 Å². The molecule has 1 aromatic carbocycles. The molecule has 0 atom stereocenters. The number of aryl methyl sites for hydroxylation is 1. The Morgan fingerprint density at radius 3 is 2.53 bits per heavy atom. The lowest BCUT2D eigenvalue weighted by Crippen LogP contribution is -2.10. The second kappa shape index (κ2) is 4.83. The van der Waals surface area contributed by atoms with Crippen LogP contribution in [0.4, 0.5) is 0 Å². The molecule has 2 rings (SSSR count). The van der Waals surface area contributed by atoms with Crippen molar-refractivity contribution in [2.24, 2.45) is 5.92 Å². The summed E-state index contributed by atoms with van der Waals surface area (Å²) >= 11 is 0. The summed E-state index contributed by atoms with van der Waals surface area (Å²) in [7, 11) is 0. The summed E-state index contributed by atoms with van der Waals surface area (Å²) in [5, 5.41) is 0. The van der Waals surface area contributed by atoms with Gasteiger partial charge in [-0.3, -0.25) is 0 Å². The van der Waals surface area contributed by atoms with E-state index in [9.17, 15) is 0 Å². The standard InChI is InChI=1S/C15H22/c1-3-13-5-4-6-15(11-13)14-9-7-12(2)8-10-14/h4-6,11-12,14H,3,7-10H2,1-2H3. The van der Waals surface area contributed by atoms with E-state index in [0.29, 0.717) is 0 Å². The summed E-state index contributed by atoms with van der Waals surface area (Å²) in [5.41, 5.74) is 3.08. The molecular formula is C15H22. The monoisotopic (exact) mass is 202 g/mol. The molecule has 82 valence electrons. The van der Waals surface area contributed by atoms with E-state index in [-0.39, 0.29) is 0 Å². The van der Waals surface area contributed by atoms with Crippen LogP contribution < -0.4 is 0 Å². The van der Waals surface area contributed by atoms with Crippen LogP contribution in [0.25, 0.3) is 0 Å². The number of benzene rings is 1. The SMILES string of the molecule is CCc1cccc(C2CCC(C)CC2)c1. The first-order valence-corrected chi connectivity index (χ1v) is 6.38. The molecule has 0 radical (unpaired) electrons. The summed E-state index contributed by atoms with van der Waals surface area (Å²) in [6.45, 7) is 4.63. The summed E-state index contributed by atoms with van der Waals surface area (Å²) in [5.74, 6) is 1.79. The Kier molecular flexibility index (Phi) is 3.45. The zero-order chi connectivity index (χ0) is 10.7. The topological polar surface area (TPSA) is 0 Å². The predicted molar refractivity (Wildman–Crippen MR) is 66.2 cm³/mol. The average molecular weight is 202 g/mol. The fourth-order valence-electron chi connectivity index (χ4n) is 2.66. The molecule has 0 bridgehead atoms. The third-order valence-corrected chi connectivity index (χ3v) is 3.85. The van der Waals surface area contributed by atoms with Gasteiger partial charge in [0, 0.05) is 0 Å². The molecule has 0 unspecified atom stereocenters. The Labute approximate surface area is 93.7 Å². The van der Waals surface area contributed by atoms with Crippen molar-refractivity contribution in [1.82, 2.24) is 0 Å². The summed E-state index contributed by atoms with van der Waals surface area (Å²) in [6, 6.07) is 9.21. The fourth-order valence-corrected chi connectivity index (χ4v) is 2.66. The maximum absolute atomic E-state index is 2.42. The van der Waals surface area contributed by atoms with Gasteiger partial charge in [0.1, 0.15) is 0 Å². The first-order valence-electron chi connectivity index (χ1n) is 6.38. The van der Waals surface area contributed by atoms with Gasteiger partial charge in [-0.05, 0) is 42.2 Å². The minimum Gasteiger partial charge on any atom is -0.0625 e. The minimum atomic E-state index is 0.840. The van der Waals surface area contributed by atoms with E-state index in [1.807, 2.05) is 0 Å². The molecule has 15 heavy (non-hydrogen) atoms. The van der Waals surface area contributed by atoms with Crippen LogP contribution in [-0.4, -0.2) is 0 Å². The number of rotatable bonds is 2. The molecule has 1 aliphatic carbocycles. The Morgan fingerprint density at radius 1 is 1.13 bits per heavy atom. The molecule has 0 heterocycles. The normalized spacial score (nSPS) is 26.5. The Morgan fingerprint density at radius 2 is 1.87 bits per heavy atom. The fraction of sp³-hybridized carbons (Fsp3) is 0.600. The van der Waals surface area contributed by atoms with Gasteiger partial charge in [0.15, 0.2) is 0 Å². The molecule has 0 N–H and O–H groups in total. The van der Waals surface area contributed by atoms with Gasteiger partial charge in [0.2, 0.25) is 0 Å². The number of hydrogen-bond acceptors (Lipinski definition) is 0. The molecular weight excluding hydrogens is 180 g/mol. The van der Waals surface area contributed by atoms with E-state index < -0.39 is 0 Å². The molecule has 0 saturated heterocycles. The largest absolute Gasteiger partial charge is 0.0625 e. The third kappa shape index (κ3) is 2.62. The molecule has 1 aliphatic rings. The van der Waals surface area contributed by atoms with Crippen molar-refractivity contribution >= 4 is 0 Å². The molecule has 0 aromatic heterocycles. The lowest BCUT2D eigenvalue weighted by molar-refractivity contribution is 0.348. The molecule has 0 spiro atoms. The van der Waals surface area contributed by atoms with Gasteiger partial charge in [-0.15, -0.1) is 0 Å². The molecule has 1 saturated carbocycles. The second-order valence-corrected chi connectivity index (χ2v) is 5.06. The zero-order valence-corrected chi connectivity index (χ0v) is 10.00. The van der Waals surface area contributed by atoms with Gasteiger partial charge in [-0.2, -0.15) is 0 Å². The zero-order valence-electron chi connectivity index (χ0n) is 10.00. The van der Waals surface area contributed by atoms with Crippen LogP contribution in [0.3, 0.4) is 0 Å². The lowest BCUT2D eigenvalue weighted by Gasteiger charge is -2.26. The average Bonchev–Trinajstić information content (AvgIpc) is 2.30. The van der Waals surface area contributed by atoms with Gasteiger partial charge in [0.05, 0.1) is 0 Å². The van der Waals surface area contributed by atoms with Crippen molar-refractivity contribution in [3.8, 4) is 0 Å². The first kappa shape index (κ1) is 10.7. The Balaban J connectivity index is 2.08. The predicted octanol–water partition coefficient (Wildman–Crippen LogP) is 4.54. The van der Waals surface area contributed by atoms with Crippen LogP contribution >= 0.6 is 0 Å². The highest BCUT2D eigenvalue weighted by molar-refractivity contribution is 5.26. The summed E-state index contributed by atoms with van der Waals surface area (Å²) in [4.78, 5) is 0. The van der Waals surface area contributed by atoms with E-state index in [1.165, 1.54) is 31.2 Å². The molecule has 0 nitrogen and oxygen atoms in total. The van der Waals surface area contributed by atoms with Gasteiger partial charge in [-0.25, -0.2) is 0 Å². The smallest absolute Gasteiger partial charge is 0.0162 e. The van der Waals surface area contributed by atoms with Crippen LogP contribution in [0, 0.1) is 5.92 Å². The molecule has 1 fully saturated rings. The summed E-state index contributed by atoms with van der Waals surface area (Å²) < 4.78 is 0. The van der Waals surface area contributed by atoms with E-state index in [0.717, 1.165) is 18.3 Å². The van der Waals surface area contributed by atoms with Gasteiger partial charge < -0.3 is 0 Å². The molecule has 1 aromatic rings. The Bertz CT molecular complexity index is 306. The quantitative estimate of drug-likeness (QED) is 0.660. The van der Waals surface area contributed by atoms with E-state index >= 15 is 0 Å². The van der Waals surface area contributed by atoms with Crippen molar-refractivity contribution in [3.63, 3.8) is 0 Å². The van der Waals surface area contributed by atoms with Crippen LogP contribution in [0.1, 0.15) is 56.6 Å². The highest BCUT2D eigenvalue weighted by atomic mass is 14.2. The molecule has 0 heteroatoms. The van der Waals surface area contributed by atoms with E-state index in [1.54, 1.807) is 5.56 Å². The highest BCUT2D eigenvalue weighted by Crippen LogP contribution is 2.35. The third-order valence-electron chi connectivity index (χ3n) is 3.85. The van der Waals surface area contributed by atoms with Crippen LogP contribution in [0.15, 0.2) is 24.3 Å². The van der Waals surface area contributed by atoms with E-state index in [4.69, 9.17) is 0 Å². The second-order valence-electron chi connectivity index (χ2n) is 5.06. The highest BCUT2D eigenvalue weighted by Gasteiger charge is 2.19. The minimum absolute atomic E-state index is 0.840. The van der Waals surface area contributed by atoms with Crippen molar-refractivity contribution in [2.45, 2.75) is 51.9 Å². The van der Waals surface area contributed by atoms with Gasteiger partial charge >= 0.3 is 0 Å². The van der Waals surface area contributed by atoms with Crippen LogP contribution in [-0.2, 0) is 6.42 Å². The maximum atomic E-state index is 2.42. The van der Waals surface area contributed by atoms with Gasteiger partial charge in [0.25, 0.3) is 0 Å². The maximum Gasteiger partial charge on any atom is -0.0162 e. The molecule has 0 aliphatic heterocycles. The molecule has 0 amide bonds. The van der Waals surface area contributed by atoms with Crippen molar-refractivity contribution < 1.29 is 0 Å². The van der Waals surface area contributed by atoms with Crippen LogP contribution in [0.5, 0.6) is 0 Å². The number of hydrogen-bond donors (Lipinski definition) is 0. The van der Waals surface area contributed by atoms with Crippen LogP contribution in [0.2, 0.25) is 0 Å². The Hall–Kier alpha value is -0.780. The lowest BCUT2D eigenvalue weighted by atomic mass is 9.79. The van der Waals surface area contributed by atoms with Gasteiger partial charge in [-0.1, -0.05) is 51.0 Å². The first-order chi connectivity index (χ1) is 7.29. The summed E-state index contributed by atoms with van der Waals surface area (Å²) in [6.07, 6.45) is 6.79. The van der Waals surface area contributed by atoms with Crippen molar-refractivity contribution in [2.75, 3.05) is 0 Å². The van der Waals surface area contributed by atoms with Crippen molar-refractivity contribution in [1.29, 1.82) is 0 Å². The van der Waals surface area contributed by atoms with E-state index in [2.05, 4.69) is 38.1 Å².